The Balaban J connectivity index is 2.78. The Kier molecular flexibility index (Phi) is 4.47. The van der Waals surface area contributed by atoms with Gasteiger partial charge in [0.05, 0.1) is 5.41 Å². The summed E-state index contributed by atoms with van der Waals surface area (Å²) >= 11 is 0. The molecule has 1 aromatic rings. The van der Waals surface area contributed by atoms with Gasteiger partial charge in [-0.1, -0.05) is 0 Å². The molecule has 0 unspecified atom stereocenters. The van der Waals surface area contributed by atoms with Gasteiger partial charge in [0.1, 0.15) is 5.82 Å². The second-order valence-corrected chi connectivity index (χ2v) is 4.86. The summed E-state index contributed by atoms with van der Waals surface area (Å²) in [6.45, 7) is 8.68. The van der Waals surface area contributed by atoms with Crippen LogP contribution in [-0.4, -0.2) is 29.0 Å². The molecule has 0 spiro atoms. The average molecular weight is 251 g/mol. The van der Waals surface area contributed by atoms with Crippen LogP contribution in [0.4, 0.5) is 11.8 Å². The molecule has 0 aliphatic carbocycles. The molecule has 0 bridgehead atoms. The van der Waals surface area contributed by atoms with Crippen molar-refractivity contribution in [3.8, 4) is 0 Å². The zero-order valence-electron chi connectivity index (χ0n) is 11.4. The number of carbonyl (C=O) groups is 1. The van der Waals surface area contributed by atoms with Crippen molar-refractivity contribution >= 4 is 17.7 Å². The van der Waals surface area contributed by atoms with E-state index in [1.807, 2.05) is 13.8 Å². The lowest BCUT2D eigenvalue weighted by Crippen LogP contribution is -2.37. The van der Waals surface area contributed by atoms with E-state index in [0.717, 1.165) is 17.9 Å². The zero-order chi connectivity index (χ0) is 13.8. The van der Waals surface area contributed by atoms with Crippen LogP contribution in [0.25, 0.3) is 0 Å². The molecule has 0 saturated heterocycles. The Bertz CT molecular complexity index is 430. The predicted molar refractivity (Wildman–Crippen MR) is 72.4 cm³/mol. The maximum Gasteiger partial charge on any atom is 0.224 e. The minimum Gasteiger partial charge on any atom is -0.369 e. The van der Waals surface area contributed by atoms with Crippen molar-refractivity contribution in [2.45, 2.75) is 27.7 Å². The molecule has 6 nitrogen and oxygen atoms in total. The molecule has 100 valence electrons. The number of rotatable bonds is 6. The van der Waals surface area contributed by atoms with Crippen molar-refractivity contribution in [1.82, 2.24) is 9.97 Å². The van der Waals surface area contributed by atoms with Gasteiger partial charge in [-0.3, -0.25) is 4.79 Å². The van der Waals surface area contributed by atoms with E-state index in [-0.39, 0.29) is 5.91 Å². The number of carbonyl (C=O) groups excluding carboxylic acids is 1. The standard InChI is InChI=1S/C12H21N5O/c1-5-14-11-15-6-8(2)9(17-11)16-7-12(3,4)10(13)18/h6H,5,7H2,1-4H3,(H2,13,18)(H2,14,15,16,17). The summed E-state index contributed by atoms with van der Waals surface area (Å²) in [7, 11) is 0. The van der Waals surface area contributed by atoms with E-state index in [9.17, 15) is 4.79 Å². The van der Waals surface area contributed by atoms with Gasteiger partial charge in [0.25, 0.3) is 0 Å². The third-order valence-corrected chi connectivity index (χ3v) is 2.67. The smallest absolute Gasteiger partial charge is 0.224 e. The van der Waals surface area contributed by atoms with E-state index in [0.29, 0.717) is 12.5 Å². The number of nitrogens with zero attached hydrogens (tertiary/aromatic N) is 2. The Morgan fingerprint density at radius 3 is 2.67 bits per heavy atom. The number of aromatic nitrogens is 2. The molecule has 0 aromatic carbocycles. The van der Waals surface area contributed by atoms with Crippen molar-refractivity contribution in [1.29, 1.82) is 0 Å². The van der Waals surface area contributed by atoms with E-state index < -0.39 is 5.41 Å². The number of anilines is 2. The molecule has 4 N–H and O–H groups in total. The Hall–Kier alpha value is -1.85. The largest absolute Gasteiger partial charge is 0.369 e. The van der Waals surface area contributed by atoms with Gasteiger partial charge in [-0.25, -0.2) is 4.98 Å². The second kappa shape index (κ2) is 5.66. The summed E-state index contributed by atoms with van der Waals surface area (Å²) in [6, 6.07) is 0. The lowest BCUT2D eigenvalue weighted by molar-refractivity contribution is -0.125. The quantitative estimate of drug-likeness (QED) is 0.705. The molecule has 1 amide bonds. The molecule has 0 atom stereocenters. The van der Waals surface area contributed by atoms with Crippen molar-refractivity contribution < 1.29 is 4.79 Å². The van der Waals surface area contributed by atoms with E-state index >= 15 is 0 Å². The lowest BCUT2D eigenvalue weighted by atomic mass is 9.93. The van der Waals surface area contributed by atoms with Gasteiger partial charge in [-0.2, -0.15) is 4.98 Å². The SMILES string of the molecule is CCNc1ncc(C)c(NCC(C)(C)C(N)=O)n1. The first-order valence-corrected chi connectivity index (χ1v) is 5.98. The monoisotopic (exact) mass is 251 g/mol. The maximum atomic E-state index is 11.2. The summed E-state index contributed by atoms with van der Waals surface area (Å²) in [4.78, 5) is 19.7. The van der Waals surface area contributed by atoms with Gasteiger partial charge in [0, 0.05) is 24.8 Å². The highest BCUT2D eigenvalue weighted by Gasteiger charge is 2.24. The first kappa shape index (κ1) is 14.2. The van der Waals surface area contributed by atoms with Gasteiger partial charge in [0.2, 0.25) is 11.9 Å². The van der Waals surface area contributed by atoms with E-state index in [2.05, 4.69) is 20.6 Å². The fourth-order valence-electron chi connectivity index (χ4n) is 1.26. The van der Waals surface area contributed by atoms with Crippen molar-refractivity contribution in [2.75, 3.05) is 23.7 Å². The highest BCUT2D eigenvalue weighted by atomic mass is 16.1. The second-order valence-electron chi connectivity index (χ2n) is 4.86. The summed E-state index contributed by atoms with van der Waals surface area (Å²) in [5, 5.41) is 6.18. The van der Waals surface area contributed by atoms with Crippen LogP contribution >= 0.6 is 0 Å². The Morgan fingerprint density at radius 1 is 1.44 bits per heavy atom. The van der Waals surface area contributed by atoms with Gasteiger partial charge in [0.15, 0.2) is 0 Å². The third kappa shape index (κ3) is 3.58. The number of primary amides is 1. The number of aryl methyl sites for hydroxylation is 1. The first-order valence-electron chi connectivity index (χ1n) is 5.98. The molecule has 18 heavy (non-hydrogen) atoms. The van der Waals surface area contributed by atoms with Crippen LogP contribution in [0.3, 0.4) is 0 Å². The summed E-state index contributed by atoms with van der Waals surface area (Å²) in [5.41, 5.74) is 5.64. The fraction of sp³-hybridized carbons (Fsp3) is 0.583. The van der Waals surface area contributed by atoms with E-state index in [4.69, 9.17) is 5.73 Å². The van der Waals surface area contributed by atoms with Crippen molar-refractivity contribution in [3.05, 3.63) is 11.8 Å². The van der Waals surface area contributed by atoms with Gasteiger partial charge in [-0.05, 0) is 27.7 Å². The zero-order valence-corrected chi connectivity index (χ0v) is 11.4. The van der Waals surface area contributed by atoms with Crippen LogP contribution in [0.5, 0.6) is 0 Å². The van der Waals surface area contributed by atoms with E-state index in [1.165, 1.54) is 0 Å². The van der Waals surface area contributed by atoms with Gasteiger partial charge < -0.3 is 16.4 Å². The van der Waals surface area contributed by atoms with Crippen LogP contribution in [0.15, 0.2) is 6.20 Å². The normalized spacial score (nSPS) is 11.1. The molecule has 0 radical (unpaired) electrons. The summed E-state index contributed by atoms with van der Waals surface area (Å²) < 4.78 is 0. The number of hydrogen-bond donors (Lipinski definition) is 3. The average Bonchev–Trinajstić information content (AvgIpc) is 2.30. The number of nitrogens with two attached hydrogens (primary N) is 1. The van der Waals surface area contributed by atoms with Crippen LogP contribution in [0, 0.1) is 12.3 Å². The first-order chi connectivity index (χ1) is 8.36. The van der Waals surface area contributed by atoms with Crippen molar-refractivity contribution in [3.63, 3.8) is 0 Å². The molecule has 0 fully saturated rings. The predicted octanol–water partition coefficient (Wildman–Crippen LogP) is 1.14. The van der Waals surface area contributed by atoms with Crippen LogP contribution in [0.1, 0.15) is 26.3 Å². The Morgan fingerprint density at radius 2 is 2.11 bits per heavy atom. The van der Waals surface area contributed by atoms with Gasteiger partial charge in [-0.15, -0.1) is 0 Å². The molecular formula is C12H21N5O. The minimum absolute atomic E-state index is 0.339. The molecular weight excluding hydrogens is 230 g/mol. The number of amides is 1. The maximum absolute atomic E-state index is 11.2. The molecule has 1 aromatic heterocycles. The molecule has 0 saturated carbocycles. The molecule has 0 aliphatic rings. The molecule has 6 heteroatoms. The lowest BCUT2D eigenvalue weighted by Gasteiger charge is -2.21. The summed E-state index contributed by atoms with van der Waals surface area (Å²) in [6.07, 6.45) is 1.74. The van der Waals surface area contributed by atoms with Crippen molar-refractivity contribution in [2.24, 2.45) is 11.1 Å². The summed E-state index contributed by atoms with van der Waals surface area (Å²) in [5.74, 6) is 0.950. The molecule has 1 rings (SSSR count). The van der Waals surface area contributed by atoms with E-state index in [1.54, 1.807) is 20.0 Å². The highest BCUT2D eigenvalue weighted by molar-refractivity contribution is 5.80. The van der Waals surface area contributed by atoms with Crippen LogP contribution in [-0.2, 0) is 4.79 Å². The highest BCUT2D eigenvalue weighted by Crippen LogP contribution is 2.18. The topological polar surface area (TPSA) is 92.9 Å². The fourth-order valence-corrected chi connectivity index (χ4v) is 1.26. The number of nitrogens with one attached hydrogen (secondary N) is 2. The van der Waals surface area contributed by atoms with Crippen LogP contribution < -0.4 is 16.4 Å². The van der Waals surface area contributed by atoms with Crippen LogP contribution in [0.2, 0.25) is 0 Å². The third-order valence-electron chi connectivity index (χ3n) is 2.67. The number of hydrogen-bond acceptors (Lipinski definition) is 5. The molecule has 0 aliphatic heterocycles. The Labute approximate surface area is 107 Å². The molecule has 1 heterocycles. The minimum atomic E-state index is -0.615. The van der Waals surface area contributed by atoms with Gasteiger partial charge >= 0.3 is 0 Å².